The summed E-state index contributed by atoms with van der Waals surface area (Å²) >= 11 is 1.32. The summed E-state index contributed by atoms with van der Waals surface area (Å²) in [5, 5.41) is 30.4. The van der Waals surface area contributed by atoms with Crippen LogP contribution in [0.1, 0.15) is 45.5 Å². The molecule has 4 N–H and O–H groups in total. The van der Waals surface area contributed by atoms with Crippen molar-refractivity contribution in [2.45, 2.75) is 35.7 Å². The number of phenols is 2. The van der Waals surface area contributed by atoms with Gasteiger partial charge in [0.25, 0.3) is 0 Å². The van der Waals surface area contributed by atoms with Crippen molar-refractivity contribution in [2.24, 2.45) is 0 Å². The molecule has 45 heavy (non-hydrogen) atoms. The van der Waals surface area contributed by atoms with Gasteiger partial charge < -0.3 is 20.8 Å². The van der Waals surface area contributed by atoms with Gasteiger partial charge in [-0.25, -0.2) is 19.9 Å². The largest absolute Gasteiger partial charge is 0.506 e. The molecule has 2 unspecified atom stereocenters. The zero-order chi connectivity index (χ0) is 31.2. The molecular weight excluding hydrogens is 581 g/mol. The van der Waals surface area contributed by atoms with E-state index in [0.717, 1.165) is 22.3 Å². The lowest BCUT2D eigenvalue weighted by Crippen LogP contribution is -2.15. The van der Waals surface area contributed by atoms with Crippen molar-refractivity contribution in [3.63, 3.8) is 0 Å². The summed E-state index contributed by atoms with van der Waals surface area (Å²) in [5.74, 6) is 1.12. The highest BCUT2D eigenvalue weighted by atomic mass is 32.2. The lowest BCUT2D eigenvalue weighted by Gasteiger charge is -2.24. The Morgan fingerprint density at radius 3 is 1.29 bits per heavy atom. The Kier molecular flexibility index (Phi) is 8.89. The van der Waals surface area contributed by atoms with Gasteiger partial charge in [-0.3, -0.25) is 0 Å². The maximum Gasteiger partial charge on any atom is 0.223 e. The summed E-state index contributed by atoms with van der Waals surface area (Å²) in [5.41, 5.74) is 5.16. The zero-order valence-corrected chi connectivity index (χ0v) is 25.6. The normalized spacial score (nSPS) is 12.3. The summed E-state index contributed by atoms with van der Waals surface area (Å²) in [6.45, 7) is 3.98. The molecule has 0 bridgehead atoms. The predicted molar refractivity (Wildman–Crippen MR) is 178 cm³/mol. The standard InChI is InChI=1S/C36H32N6O2S/c1-23-19-27(31(25-11-5-3-6-12-25)41-35-37-15-9-16-38-35)33(43)29(21-23)45-30-22-24(2)20-28(34(30)44)32(26-13-7-4-8-14-26)42-36-39-17-10-18-40-36/h3-22,31-32,43-44H,1-2H3,(H,37,38,41)(H,39,40,42). The van der Waals surface area contributed by atoms with Crippen LogP contribution in [0.3, 0.4) is 0 Å². The zero-order valence-electron chi connectivity index (χ0n) is 24.8. The van der Waals surface area contributed by atoms with Crippen LogP contribution in [-0.2, 0) is 0 Å². The minimum atomic E-state index is -0.424. The number of hydrogen-bond donors (Lipinski definition) is 4. The molecular formula is C36H32N6O2S. The van der Waals surface area contributed by atoms with E-state index in [4.69, 9.17) is 0 Å². The minimum absolute atomic E-state index is 0.112. The second-order valence-corrected chi connectivity index (χ2v) is 11.7. The van der Waals surface area contributed by atoms with Crippen LogP contribution in [0.4, 0.5) is 11.9 Å². The molecule has 0 radical (unpaired) electrons. The first-order chi connectivity index (χ1) is 22.0. The van der Waals surface area contributed by atoms with Crippen LogP contribution in [-0.4, -0.2) is 30.1 Å². The van der Waals surface area contributed by atoms with Crippen molar-refractivity contribution in [2.75, 3.05) is 10.6 Å². The first kappa shape index (κ1) is 29.7. The number of nitrogens with zero attached hydrogens (tertiary/aromatic N) is 4. The van der Waals surface area contributed by atoms with E-state index in [1.165, 1.54) is 11.8 Å². The molecule has 0 aliphatic rings. The van der Waals surface area contributed by atoms with Gasteiger partial charge in [0, 0.05) is 35.9 Å². The highest BCUT2D eigenvalue weighted by molar-refractivity contribution is 7.99. The van der Waals surface area contributed by atoms with E-state index in [2.05, 4.69) is 30.6 Å². The number of nitrogens with one attached hydrogen (secondary N) is 2. The van der Waals surface area contributed by atoms with E-state index < -0.39 is 12.1 Å². The van der Waals surface area contributed by atoms with Crippen molar-refractivity contribution >= 4 is 23.7 Å². The number of aryl methyl sites for hydroxylation is 2. The molecule has 0 aliphatic carbocycles. The first-order valence-electron chi connectivity index (χ1n) is 14.5. The van der Waals surface area contributed by atoms with Gasteiger partial charge in [0.2, 0.25) is 11.9 Å². The Labute approximate surface area is 266 Å². The van der Waals surface area contributed by atoms with Crippen LogP contribution in [0.5, 0.6) is 11.5 Å². The number of benzene rings is 4. The molecule has 9 heteroatoms. The van der Waals surface area contributed by atoms with E-state index in [0.29, 0.717) is 32.8 Å². The summed E-state index contributed by atoms with van der Waals surface area (Å²) in [7, 11) is 0. The van der Waals surface area contributed by atoms with Gasteiger partial charge >= 0.3 is 0 Å². The lowest BCUT2D eigenvalue weighted by atomic mass is 9.96. The molecule has 2 heterocycles. The summed E-state index contributed by atoms with van der Waals surface area (Å²) < 4.78 is 0. The van der Waals surface area contributed by atoms with Crippen LogP contribution in [0, 0.1) is 13.8 Å². The molecule has 6 aromatic rings. The number of phenolic OH excluding ortho intramolecular Hbond substituents is 2. The van der Waals surface area contributed by atoms with Crippen molar-refractivity contribution in [1.29, 1.82) is 0 Å². The minimum Gasteiger partial charge on any atom is -0.506 e. The molecule has 0 saturated heterocycles. The highest BCUT2D eigenvalue weighted by Crippen LogP contribution is 2.46. The topological polar surface area (TPSA) is 116 Å². The van der Waals surface area contributed by atoms with E-state index in [-0.39, 0.29) is 11.5 Å². The highest BCUT2D eigenvalue weighted by Gasteiger charge is 2.25. The van der Waals surface area contributed by atoms with Crippen molar-refractivity contribution in [3.05, 3.63) is 155 Å². The molecule has 0 amide bonds. The van der Waals surface area contributed by atoms with Crippen LogP contribution in [0.15, 0.2) is 132 Å². The fraction of sp³-hybridized carbons (Fsp3) is 0.111. The molecule has 6 rings (SSSR count). The SMILES string of the molecule is Cc1cc(Sc2cc(C)cc(C(Nc3ncccn3)c3ccccc3)c2O)c(O)c(C(Nc2ncccn2)c2ccccc2)c1. The van der Waals surface area contributed by atoms with Gasteiger partial charge in [-0.1, -0.05) is 72.4 Å². The Morgan fingerprint density at radius 1 is 0.533 bits per heavy atom. The third-order valence-corrected chi connectivity index (χ3v) is 8.35. The number of hydrogen-bond acceptors (Lipinski definition) is 9. The van der Waals surface area contributed by atoms with Gasteiger partial charge in [0.05, 0.1) is 21.9 Å². The fourth-order valence-corrected chi connectivity index (χ4v) is 6.39. The van der Waals surface area contributed by atoms with Crippen LogP contribution < -0.4 is 10.6 Å². The maximum atomic E-state index is 11.8. The van der Waals surface area contributed by atoms with E-state index >= 15 is 0 Å². The Morgan fingerprint density at radius 2 is 0.911 bits per heavy atom. The quantitative estimate of drug-likeness (QED) is 0.123. The fourth-order valence-electron chi connectivity index (χ4n) is 5.24. The van der Waals surface area contributed by atoms with Crippen LogP contribution in [0.2, 0.25) is 0 Å². The van der Waals surface area contributed by atoms with Gasteiger partial charge in [-0.2, -0.15) is 0 Å². The van der Waals surface area contributed by atoms with Crippen molar-refractivity contribution < 1.29 is 10.2 Å². The monoisotopic (exact) mass is 612 g/mol. The lowest BCUT2D eigenvalue weighted by molar-refractivity contribution is 0.450. The van der Waals surface area contributed by atoms with Crippen LogP contribution >= 0.6 is 11.8 Å². The second kappa shape index (κ2) is 13.5. The van der Waals surface area contributed by atoms with Gasteiger partial charge in [-0.05, 0) is 72.5 Å². The molecule has 4 aromatic carbocycles. The number of anilines is 2. The predicted octanol–water partition coefficient (Wildman–Crippen LogP) is 7.85. The average molecular weight is 613 g/mol. The van der Waals surface area contributed by atoms with E-state index in [1.807, 2.05) is 98.8 Å². The van der Waals surface area contributed by atoms with Crippen LogP contribution in [0.25, 0.3) is 0 Å². The van der Waals surface area contributed by atoms with Crippen molar-refractivity contribution in [1.82, 2.24) is 19.9 Å². The van der Waals surface area contributed by atoms with Gasteiger partial charge in [0.15, 0.2) is 0 Å². The molecule has 0 fully saturated rings. The smallest absolute Gasteiger partial charge is 0.223 e. The third kappa shape index (κ3) is 6.89. The van der Waals surface area contributed by atoms with E-state index in [1.54, 1.807) is 36.9 Å². The van der Waals surface area contributed by atoms with Gasteiger partial charge in [0.1, 0.15) is 11.5 Å². The number of rotatable bonds is 10. The molecule has 224 valence electrons. The Hall–Kier alpha value is -5.41. The molecule has 0 aliphatic heterocycles. The third-order valence-electron chi connectivity index (χ3n) is 7.28. The van der Waals surface area contributed by atoms with Gasteiger partial charge in [-0.15, -0.1) is 0 Å². The Bertz CT molecular complexity index is 1740. The Balaban J connectivity index is 1.41. The van der Waals surface area contributed by atoms with E-state index in [9.17, 15) is 10.2 Å². The summed E-state index contributed by atoms with van der Waals surface area (Å²) in [6, 6.07) is 30.2. The van der Waals surface area contributed by atoms with Crippen molar-refractivity contribution in [3.8, 4) is 11.5 Å². The second-order valence-electron chi connectivity index (χ2n) is 10.6. The average Bonchev–Trinajstić information content (AvgIpc) is 3.07. The molecule has 0 spiro atoms. The summed E-state index contributed by atoms with van der Waals surface area (Å²) in [6.07, 6.45) is 6.70. The molecule has 0 saturated carbocycles. The number of aromatic hydroxyl groups is 2. The molecule has 8 nitrogen and oxygen atoms in total. The first-order valence-corrected chi connectivity index (χ1v) is 15.3. The molecule has 2 atom stereocenters. The maximum absolute atomic E-state index is 11.8. The number of aromatic nitrogens is 4. The molecule has 2 aromatic heterocycles. The summed E-state index contributed by atoms with van der Waals surface area (Å²) in [4.78, 5) is 18.7.